The van der Waals surface area contributed by atoms with Gasteiger partial charge >= 0.3 is 5.97 Å². The molecule has 0 saturated heterocycles. The third kappa shape index (κ3) is 2.53. The maximum Gasteiger partial charge on any atom is 0.335 e. The summed E-state index contributed by atoms with van der Waals surface area (Å²) in [5, 5.41) is 19.5. The van der Waals surface area contributed by atoms with E-state index in [0.29, 0.717) is 6.54 Å². The third-order valence-electron chi connectivity index (χ3n) is 3.57. The maximum absolute atomic E-state index is 11.0. The van der Waals surface area contributed by atoms with Gasteiger partial charge in [-0.2, -0.15) is 0 Å². The lowest BCUT2D eigenvalue weighted by Crippen LogP contribution is -2.01. The van der Waals surface area contributed by atoms with E-state index in [2.05, 4.69) is 0 Å². The third-order valence-corrected chi connectivity index (χ3v) is 3.57. The summed E-state index contributed by atoms with van der Waals surface area (Å²) < 4.78 is 2.03. The zero-order chi connectivity index (χ0) is 14.8. The number of aliphatic hydroxyl groups is 1. The highest BCUT2D eigenvalue weighted by atomic mass is 16.4. The Bertz CT molecular complexity index is 805. The fraction of sp³-hybridized carbons (Fsp3) is 0.118. The van der Waals surface area contributed by atoms with Crippen LogP contribution in [0.2, 0.25) is 0 Å². The van der Waals surface area contributed by atoms with E-state index in [4.69, 9.17) is 5.11 Å². The average molecular weight is 281 g/mol. The second-order valence-corrected chi connectivity index (χ2v) is 4.96. The molecule has 0 aliphatic carbocycles. The van der Waals surface area contributed by atoms with Crippen LogP contribution in [-0.4, -0.2) is 20.7 Å². The highest BCUT2D eigenvalue weighted by molar-refractivity contribution is 5.87. The summed E-state index contributed by atoms with van der Waals surface area (Å²) in [7, 11) is 0. The summed E-state index contributed by atoms with van der Waals surface area (Å²) in [6, 6.07) is 14.8. The molecule has 4 heteroatoms. The SMILES string of the molecule is O=C(O)c1cccc(Cn2cc(CO)c3ccccc32)c1. The number of aromatic nitrogens is 1. The van der Waals surface area contributed by atoms with Crippen molar-refractivity contribution >= 4 is 16.9 Å². The van der Waals surface area contributed by atoms with Crippen LogP contribution >= 0.6 is 0 Å². The Kier molecular flexibility index (Phi) is 3.46. The summed E-state index contributed by atoms with van der Waals surface area (Å²) >= 11 is 0. The predicted molar refractivity (Wildman–Crippen MR) is 80.4 cm³/mol. The van der Waals surface area contributed by atoms with Crippen molar-refractivity contribution in [1.29, 1.82) is 0 Å². The van der Waals surface area contributed by atoms with Crippen LogP contribution in [0.4, 0.5) is 0 Å². The van der Waals surface area contributed by atoms with Crippen molar-refractivity contribution in [3.63, 3.8) is 0 Å². The van der Waals surface area contributed by atoms with Crippen LogP contribution in [0.5, 0.6) is 0 Å². The number of rotatable bonds is 4. The lowest BCUT2D eigenvalue weighted by Gasteiger charge is -2.06. The van der Waals surface area contributed by atoms with Gasteiger partial charge in [0.1, 0.15) is 0 Å². The average Bonchev–Trinajstić information content (AvgIpc) is 2.86. The van der Waals surface area contributed by atoms with Gasteiger partial charge in [-0.15, -0.1) is 0 Å². The van der Waals surface area contributed by atoms with Crippen molar-refractivity contribution in [2.24, 2.45) is 0 Å². The van der Waals surface area contributed by atoms with Crippen LogP contribution in [0, 0.1) is 0 Å². The number of nitrogens with zero attached hydrogens (tertiary/aromatic N) is 1. The zero-order valence-corrected chi connectivity index (χ0v) is 11.4. The van der Waals surface area contributed by atoms with Gasteiger partial charge in [0.05, 0.1) is 12.2 Å². The fourth-order valence-corrected chi connectivity index (χ4v) is 2.58. The molecule has 0 aliphatic heterocycles. The van der Waals surface area contributed by atoms with E-state index in [9.17, 15) is 9.90 Å². The molecule has 0 saturated carbocycles. The van der Waals surface area contributed by atoms with Crippen LogP contribution in [0.15, 0.2) is 54.7 Å². The van der Waals surface area contributed by atoms with Crippen LogP contribution in [0.25, 0.3) is 10.9 Å². The van der Waals surface area contributed by atoms with E-state index in [1.165, 1.54) is 0 Å². The minimum absolute atomic E-state index is 0.0112. The molecule has 3 rings (SSSR count). The van der Waals surface area contributed by atoms with E-state index in [1.807, 2.05) is 41.1 Å². The minimum Gasteiger partial charge on any atom is -0.478 e. The molecule has 0 bridgehead atoms. The standard InChI is InChI=1S/C17H15NO3/c19-11-14-10-18(16-7-2-1-6-15(14)16)9-12-4-3-5-13(8-12)17(20)21/h1-8,10,19H,9,11H2,(H,20,21). The molecule has 0 aliphatic rings. The Labute approximate surface area is 121 Å². The quantitative estimate of drug-likeness (QED) is 0.773. The number of para-hydroxylation sites is 1. The van der Waals surface area contributed by atoms with Gasteiger partial charge in [-0.1, -0.05) is 30.3 Å². The number of aromatic carboxylic acids is 1. The van der Waals surface area contributed by atoms with Crippen molar-refractivity contribution in [3.8, 4) is 0 Å². The molecule has 1 aromatic heterocycles. The Morgan fingerprint density at radius 2 is 1.90 bits per heavy atom. The van der Waals surface area contributed by atoms with Crippen molar-refractivity contribution < 1.29 is 15.0 Å². The van der Waals surface area contributed by atoms with Crippen molar-refractivity contribution in [2.75, 3.05) is 0 Å². The van der Waals surface area contributed by atoms with Gasteiger partial charge in [-0.3, -0.25) is 0 Å². The second-order valence-electron chi connectivity index (χ2n) is 4.96. The molecule has 106 valence electrons. The first-order chi connectivity index (χ1) is 10.2. The first-order valence-electron chi connectivity index (χ1n) is 6.69. The van der Waals surface area contributed by atoms with E-state index in [1.54, 1.807) is 18.2 Å². The molecular formula is C17H15NO3. The second kappa shape index (κ2) is 5.42. The van der Waals surface area contributed by atoms with Crippen molar-refractivity contribution in [3.05, 3.63) is 71.4 Å². The van der Waals surface area contributed by atoms with Crippen molar-refractivity contribution in [2.45, 2.75) is 13.2 Å². The van der Waals surface area contributed by atoms with Gasteiger partial charge in [0.25, 0.3) is 0 Å². The maximum atomic E-state index is 11.0. The van der Waals surface area contributed by atoms with Gasteiger partial charge in [0, 0.05) is 29.2 Å². The molecule has 0 amide bonds. The molecule has 2 N–H and O–H groups in total. The molecule has 1 heterocycles. The van der Waals surface area contributed by atoms with Gasteiger partial charge in [0.2, 0.25) is 0 Å². The van der Waals surface area contributed by atoms with Crippen LogP contribution in [-0.2, 0) is 13.2 Å². The summed E-state index contributed by atoms with van der Waals surface area (Å²) in [6.07, 6.45) is 1.91. The highest BCUT2D eigenvalue weighted by Gasteiger charge is 2.09. The smallest absolute Gasteiger partial charge is 0.335 e. The summed E-state index contributed by atoms with van der Waals surface area (Å²) in [5.74, 6) is -0.926. The van der Waals surface area contributed by atoms with Crippen LogP contribution in [0.1, 0.15) is 21.5 Å². The van der Waals surface area contributed by atoms with Gasteiger partial charge in [-0.05, 0) is 23.8 Å². The molecule has 2 aromatic carbocycles. The molecule has 0 atom stereocenters. The Hall–Kier alpha value is -2.59. The number of carboxylic acid groups (broad SMARTS) is 1. The normalized spacial score (nSPS) is 10.9. The topological polar surface area (TPSA) is 62.5 Å². The highest BCUT2D eigenvalue weighted by Crippen LogP contribution is 2.22. The lowest BCUT2D eigenvalue weighted by atomic mass is 10.1. The van der Waals surface area contributed by atoms with E-state index >= 15 is 0 Å². The Morgan fingerprint density at radius 1 is 1.10 bits per heavy atom. The number of hydrogen-bond donors (Lipinski definition) is 2. The molecular weight excluding hydrogens is 266 g/mol. The molecule has 0 fully saturated rings. The van der Waals surface area contributed by atoms with Crippen LogP contribution in [0.3, 0.4) is 0 Å². The number of hydrogen-bond acceptors (Lipinski definition) is 2. The lowest BCUT2D eigenvalue weighted by molar-refractivity contribution is 0.0696. The van der Waals surface area contributed by atoms with E-state index in [0.717, 1.165) is 22.0 Å². The fourth-order valence-electron chi connectivity index (χ4n) is 2.58. The predicted octanol–water partition coefficient (Wildman–Crippen LogP) is 2.88. The Morgan fingerprint density at radius 3 is 2.67 bits per heavy atom. The van der Waals surface area contributed by atoms with Gasteiger partial charge < -0.3 is 14.8 Å². The summed E-state index contributed by atoms with van der Waals surface area (Å²) in [6.45, 7) is 0.560. The number of carbonyl (C=O) groups is 1. The van der Waals surface area contributed by atoms with Gasteiger partial charge in [0.15, 0.2) is 0 Å². The Balaban J connectivity index is 2.02. The summed E-state index contributed by atoms with van der Waals surface area (Å²) in [4.78, 5) is 11.0. The van der Waals surface area contributed by atoms with E-state index in [-0.39, 0.29) is 12.2 Å². The first-order valence-corrected chi connectivity index (χ1v) is 6.69. The molecule has 4 nitrogen and oxygen atoms in total. The zero-order valence-electron chi connectivity index (χ0n) is 11.4. The first kappa shape index (κ1) is 13.4. The summed E-state index contributed by atoms with van der Waals surface area (Å²) in [5.41, 5.74) is 3.11. The monoisotopic (exact) mass is 281 g/mol. The minimum atomic E-state index is -0.926. The largest absolute Gasteiger partial charge is 0.478 e. The number of fused-ring (bicyclic) bond motifs is 1. The number of benzene rings is 2. The number of carboxylic acids is 1. The molecule has 0 radical (unpaired) electrons. The van der Waals surface area contributed by atoms with Crippen LogP contribution < -0.4 is 0 Å². The molecule has 21 heavy (non-hydrogen) atoms. The van der Waals surface area contributed by atoms with E-state index < -0.39 is 5.97 Å². The van der Waals surface area contributed by atoms with Crippen molar-refractivity contribution in [1.82, 2.24) is 4.57 Å². The number of aliphatic hydroxyl groups excluding tert-OH is 1. The van der Waals surface area contributed by atoms with Gasteiger partial charge in [-0.25, -0.2) is 4.79 Å². The molecule has 3 aromatic rings. The molecule has 0 spiro atoms. The molecule has 0 unspecified atom stereocenters.